The fraction of sp³-hybridized carbons (Fsp3) is 0.524. The average molecular weight is 354 g/mol. The van der Waals surface area contributed by atoms with E-state index in [0.717, 1.165) is 36.7 Å². The summed E-state index contributed by atoms with van der Waals surface area (Å²) < 4.78 is 1.85. The zero-order valence-electron chi connectivity index (χ0n) is 16.3. The van der Waals surface area contributed by atoms with Crippen LogP contribution >= 0.6 is 0 Å². The van der Waals surface area contributed by atoms with Gasteiger partial charge in [-0.3, -0.25) is 4.79 Å². The highest BCUT2D eigenvalue weighted by molar-refractivity contribution is 5.90. The van der Waals surface area contributed by atoms with Gasteiger partial charge in [0.15, 0.2) is 0 Å². The standard InChI is InChI=1S/C21H30N4O/c1-15-6-5-7-17(12-15)25-19(13-18(24-25)21(2,3)4)23-20(26)9-8-16-10-11-22-14-16/h5-7,12-13,16,22H,8-11,14H2,1-4H3,(H,23,26). The van der Waals surface area contributed by atoms with Crippen LogP contribution in [0, 0.1) is 12.8 Å². The van der Waals surface area contributed by atoms with Crippen molar-refractivity contribution in [2.75, 3.05) is 18.4 Å². The van der Waals surface area contributed by atoms with E-state index in [1.165, 1.54) is 12.0 Å². The molecule has 2 N–H and O–H groups in total. The Hall–Kier alpha value is -2.14. The summed E-state index contributed by atoms with van der Waals surface area (Å²) in [5.74, 6) is 1.42. The largest absolute Gasteiger partial charge is 0.316 e. The maximum Gasteiger partial charge on any atom is 0.225 e. The summed E-state index contributed by atoms with van der Waals surface area (Å²) in [6, 6.07) is 10.2. The Kier molecular flexibility index (Phi) is 5.47. The number of anilines is 1. The molecule has 0 aliphatic carbocycles. The average Bonchev–Trinajstić information content (AvgIpc) is 3.22. The molecule has 1 aromatic heterocycles. The van der Waals surface area contributed by atoms with Crippen LogP contribution in [0.4, 0.5) is 5.82 Å². The van der Waals surface area contributed by atoms with E-state index in [1.54, 1.807) is 0 Å². The second-order valence-corrected chi connectivity index (χ2v) is 8.36. The summed E-state index contributed by atoms with van der Waals surface area (Å²) >= 11 is 0. The lowest BCUT2D eigenvalue weighted by Gasteiger charge is -2.14. The van der Waals surface area contributed by atoms with E-state index in [1.807, 2.05) is 22.9 Å². The molecule has 1 aliphatic heterocycles. The van der Waals surface area contributed by atoms with Crippen LogP contribution < -0.4 is 10.6 Å². The molecule has 26 heavy (non-hydrogen) atoms. The monoisotopic (exact) mass is 354 g/mol. The Morgan fingerprint density at radius 1 is 1.35 bits per heavy atom. The number of carbonyl (C=O) groups is 1. The smallest absolute Gasteiger partial charge is 0.225 e. The predicted octanol–water partition coefficient (Wildman–Crippen LogP) is 3.81. The number of hydrogen-bond acceptors (Lipinski definition) is 3. The van der Waals surface area contributed by atoms with Gasteiger partial charge in [0.2, 0.25) is 5.91 Å². The second kappa shape index (κ2) is 7.62. The van der Waals surface area contributed by atoms with Crippen molar-refractivity contribution in [1.29, 1.82) is 0 Å². The molecular weight excluding hydrogens is 324 g/mol. The van der Waals surface area contributed by atoms with Crippen LogP contribution in [0.2, 0.25) is 0 Å². The number of carbonyl (C=O) groups excluding carboxylic acids is 1. The number of aromatic nitrogens is 2. The number of hydrogen-bond donors (Lipinski definition) is 2. The summed E-state index contributed by atoms with van der Waals surface area (Å²) in [5.41, 5.74) is 3.02. The van der Waals surface area contributed by atoms with Gasteiger partial charge in [-0.1, -0.05) is 32.9 Å². The molecular formula is C21H30N4O. The van der Waals surface area contributed by atoms with Crippen molar-refractivity contribution in [3.05, 3.63) is 41.6 Å². The number of nitrogens with zero attached hydrogens (tertiary/aromatic N) is 2. The highest BCUT2D eigenvalue weighted by atomic mass is 16.1. The van der Waals surface area contributed by atoms with Gasteiger partial charge in [-0.2, -0.15) is 5.10 Å². The number of amides is 1. The maximum absolute atomic E-state index is 12.5. The summed E-state index contributed by atoms with van der Waals surface area (Å²) in [4.78, 5) is 12.5. The quantitative estimate of drug-likeness (QED) is 0.858. The van der Waals surface area contributed by atoms with E-state index in [2.05, 4.69) is 50.5 Å². The van der Waals surface area contributed by atoms with Crippen LogP contribution in [0.1, 0.15) is 51.3 Å². The Labute approximate surface area is 156 Å². The van der Waals surface area contributed by atoms with Crippen LogP contribution in [0.5, 0.6) is 0 Å². The van der Waals surface area contributed by atoms with E-state index in [-0.39, 0.29) is 11.3 Å². The number of benzene rings is 1. The van der Waals surface area contributed by atoms with Crippen LogP contribution in [0.3, 0.4) is 0 Å². The van der Waals surface area contributed by atoms with Crippen molar-refractivity contribution in [2.24, 2.45) is 5.92 Å². The van der Waals surface area contributed by atoms with Crippen molar-refractivity contribution < 1.29 is 4.79 Å². The Morgan fingerprint density at radius 3 is 2.81 bits per heavy atom. The van der Waals surface area contributed by atoms with E-state index < -0.39 is 0 Å². The molecule has 1 amide bonds. The molecule has 1 atom stereocenters. The van der Waals surface area contributed by atoms with Crippen LogP contribution in [0.15, 0.2) is 30.3 Å². The van der Waals surface area contributed by atoms with E-state index in [0.29, 0.717) is 12.3 Å². The number of nitrogens with one attached hydrogen (secondary N) is 2. The van der Waals surface area contributed by atoms with E-state index in [4.69, 9.17) is 5.10 Å². The molecule has 0 radical (unpaired) electrons. The molecule has 5 heteroatoms. The summed E-state index contributed by atoms with van der Waals surface area (Å²) in [5, 5.41) is 11.2. The number of rotatable bonds is 5. The molecule has 3 rings (SSSR count). The van der Waals surface area contributed by atoms with Crippen LogP contribution in [0.25, 0.3) is 5.69 Å². The van der Waals surface area contributed by atoms with E-state index in [9.17, 15) is 4.79 Å². The normalized spacial score (nSPS) is 17.5. The first-order valence-corrected chi connectivity index (χ1v) is 9.51. The first-order chi connectivity index (χ1) is 12.3. The third kappa shape index (κ3) is 4.52. The molecule has 0 saturated carbocycles. The van der Waals surface area contributed by atoms with Crippen molar-refractivity contribution in [3.8, 4) is 5.69 Å². The molecule has 0 bridgehead atoms. The fourth-order valence-corrected chi connectivity index (χ4v) is 3.29. The highest BCUT2D eigenvalue weighted by Gasteiger charge is 2.22. The topological polar surface area (TPSA) is 59.0 Å². The third-order valence-electron chi connectivity index (χ3n) is 4.93. The minimum absolute atomic E-state index is 0.0613. The first kappa shape index (κ1) is 18.6. The fourth-order valence-electron chi connectivity index (χ4n) is 3.29. The van der Waals surface area contributed by atoms with Gasteiger partial charge in [-0.15, -0.1) is 0 Å². The SMILES string of the molecule is Cc1cccc(-n2nc(C(C)(C)C)cc2NC(=O)CCC2CCNC2)c1. The Balaban J connectivity index is 1.80. The van der Waals surface area contributed by atoms with Crippen molar-refractivity contribution in [3.63, 3.8) is 0 Å². The number of aryl methyl sites for hydroxylation is 1. The Morgan fingerprint density at radius 2 is 2.15 bits per heavy atom. The van der Waals surface area contributed by atoms with Gasteiger partial charge in [0.1, 0.15) is 5.82 Å². The van der Waals surface area contributed by atoms with Gasteiger partial charge >= 0.3 is 0 Å². The molecule has 140 valence electrons. The minimum Gasteiger partial charge on any atom is -0.316 e. The molecule has 1 fully saturated rings. The lowest BCUT2D eigenvalue weighted by atomic mass is 9.92. The summed E-state index contributed by atoms with van der Waals surface area (Å²) in [6.45, 7) is 10.6. The molecule has 2 heterocycles. The first-order valence-electron chi connectivity index (χ1n) is 9.51. The zero-order valence-corrected chi connectivity index (χ0v) is 16.3. The summed E-state index contributed by atoms with van der Waals surface area (Å²) in [7, 11) is 0. The molecule has 2 aromatic rings. The van der Waals surface area contributed by atoms with Gasteiger partial charge < -0.3 is 10.6 Å². The highest BCUT2D eigenvalue weighted by Crippen LogP contribution is 2.27. The van der Waals surface area contributed by atoms with E-state index >= 15 is 0 Å². The molecule has 1 aliphatic rings. The second-order valence-electron chi connectivity index (χ2n) is 8.36. The van der Waals surface area contributed by atoms with Gasteiger partial charge in [-0.05, 0) is 56.5 Å². The predicted molar refractivity (Wildman–Crippen MR) is 106 cm³/mol. The van der Waals surface area contributed by atoms with Crippen molar-refractivity contribution >= 4 is 11.7 Å². The van der Waals surface area contributed by atoms with Gasteiger partial charge in [0.05, 0.1) is 11.4 Å². The van der Waals surface area contributed by atoms with Gasteiger partial charge in [0.25, 0.3) is 0 Å². The van der Waals surface area contributed by atoms with Crippen LogP contribution in [-0.2, 0) is 10.2 Å². The maximum atomic E-state index is 12.5. The zero-order chi connectivity index (χ0) is 18.7. The molecule has 1 aromatic carbocycles. The Bertz CT molecular complexity index is 767. The lowest BCUT2D eigenvalue weighted by molar-refractivity contribution is -0.116. The molecule has 1 saturated heterocycles. The molecule has 0 spiro atoms. The van der Waals surface area contributed by atoms with Gasteiger partial charge in [-0.25, -0.2) is 4.68 Å². The van der Waals surface area contributed by atoms with Crippen molar-refractivity contribution in [1.82, 2.24) is 15.1 Å². The third-order valence-corrected chi connectivity index (χ3v) is 4.93. The minimum atomic E-state index is -0.0793. The molecule has 5 nitrogen and oxygen atoms in total. The van der Waals surface area contributed by atoms with Crippen molar-refractivity contribution in [2.45, 2.75) is 52.4 Å². The van der Waals surface area contributed by atoms with Gasteiger partial charge in [0, 0.05) is 17.9 Å². The lowest BCUT2D eigenvalue weighted by Crippen LogP contribution is -2.17. The summed E-state index contributed by atoms with van der Waals surface area (Å²) in [6.07, 6.45) is 2.66. The van der Waals surface area contributed by atoms with Crippen LogP contribution in [-0.4, -0.2) is 28.8 Å². The molecule has 1 unspecified atom stereocenters.